The first kappa shape index (κ1) is 14.6. The fourth-order valence-electron chi connectivity index (χ4n) is 4.47. The molecule has 1 heterocycles. The van der Waals surface area contributed by atoms with Gasteiger partial charge >= 0.3 is 0 Å². The van der Waals surface area contributed by atoms with Crippen LogP contribution in [0.1, 0.15) is 56.6 Å². The molecule has 2 aliphatic carbocycles. The lowest BCUT2D eigenvalue weighted by Gasteiger charge is -2.40. The Kier molecular flexibility index (Phi) is 3.51. The van der Waals surface area contributed by atoms with Crippen molar-refractivity contribution in [3.8, 4) is 0 Å². The summed E-state index contributed by atoms with van der Waals surface area (Å²) in [7, 11) is 0. The van der Waals surface area contributed by atoms with E-state index in [9.17, 15) is 0 Å². The van der Waals surface area contributed by atoms with Gasteiger partial charge in [-0.05, 0) is 59.9 Å². The van der Waals surface area contributed by atoms with Crippen LogP contribution in [0.5, 0.6) is 0 Å². The average molecular weight is 293 g/mol. The van der Waals surface area contributed by atoms with Gasteiger partial charge in [0.2, 0.25) is 0 Å². The molecule has 0 saturated heterocycles. The minimum absolute atomic E-state index is 0.0759. The van der Waals surface area contributed by atoms with Gasteiger partial charge in [-0.3, -0.25) is 0 Å². The Morgan fingerprint density at radius 2 is 2.20 bits per heavy atom. The van der Waals surface area contributed by atoms with E-state index in [4.69, 9.17) is 10.5 Å². The molecule has 2 aliphatic rings. The van der Waals surface area contributed by atoms with Gasteiger partial charge in [-0.2, -0.15) is 0 Å². The third kappa shape index (κ3) is 1.90. The van der Waals surface area contributed by atoms with E-state index in [0.29, 0.717) is 23.5 Å². The predicted molar refractivity (Wildman–Crippen MR) is 85.0 cm³/mol. The fraction of sp³-hybridized carbons (Fsp3) is 0.765. The van der Waals surface area contributed by atoms with Crippen LogP contribution in [-0.4, -0.2) is 12.6 Å². The Morgan fingerprint density at radius 3 is 2.65 bits per heavy atom. The third-order valence-electron chi connectivity index (χ3n) is 6.45. The molecule has 0 radical (unpaired) electrons. The Bertz CT molecular complexity index is 495. The largest absolute Gasteiger partial charge is 0.368 e. The van der Waals surface area contributed by atoms with Crippen LogP contribution >= 0.6 is 11.3 Å². The molecular weight excluding hydrogens is 266 g/mol. The van der Waals surface area contributed by atoms with E-state index >= 15 is 0 Å². The van der Waals surface area contributed by atoms with Crippen molar-refractivity contribution in [3.63, 3.8) is 0 Å². The van der Waals surface area contributed by atoms with Gasteiger partial charge in [-0.1, -0.05) is 20.8 Å². The number of thiophene rings is 1. The standard InChI is InChI=1S/C17H27NOS/c1-11-6-8-20-15(11)13(10-18)19-14-9-12-5-7-17(14,4)16(12,2)3/h6,8,12-14H,5,7,9-10,18H2,1-4H3. The SMILES string of the molecule is Cc1ccsc1C(CN)OC1CC2CCC1(C)C2(C)C. The maximum atomic E-state index is 6.54. The van der Waals surface area contributed by atoms with Crippen LogP contribution in [-0.2, 0) is 4.74 Å². The molecule has 0 aromatic carbocycles. The van der Waals surface area contributed by atoms with E-state index in [-0.39, 0.29) is 6.10 Å². The fourth-order valence-corrected chi connectivity index (χ4v) is 5.45. The monoisotopic (exact) mass is 293 g/mol. The summed E-state index contributed by atoms with van der Waals surface area (Å²) in [6.45, 7) is 10.0. The van der Waals surface area contributed by atoms with Crippen molar-refractivity contribution in [2.24, 2.45) is 22.5 Å². The predicted octanol–water partition coefficient (Wildman–Crippen LogP) is 4.29. The second kappa shape index (κ2) is 4.82. The minimum atomic E-state index is 0.0759. The maximum absolute atomic E-state index is 6.54. The zero-order valence-corrected chi connectivity index (χ0v) is 13.9. The third-order valence-corrected chi connectivity index (χ3v) is 7.56. The normalized spacial score (nSPS) is 36.5. The molecule has 2 bridgehead atoms. The van der Waals surface area contributed by atoms with Crippen molar-refractivity contribution in [1.29, 1.82) is 0 Å². The average Bonchev–Trinajstić information content (AvgIpc) is 2.97. The number of hydrogen-bond acceptors (Lipinski definition) is 3. The first-order valence-electron chi connectivity index (χ1n) is 7.79. The van der Waals surface area contributed by atoms with Crippen LogP contribution in [0.25, 0.3) is 0 Å². The molecule has 0 aliphatic heterocycles. The Morgan fingerprint density at radius 1 is 1.45 bits per heavy atom. The lowest BCUT2D eigenvalue weighted by atomic mass is 9.70. The molecule has 20 heavy (non-hydrogen) atoms. The van der Waals surface area contributed by atoms with Crippen LogP contribution < -0.4 is 5.73 Å². The summed E-state index contributed by atoms with van der Waals surface area (Å²) >= 11 is 1.78. The van der Waals surface area contributed by atoms with Gasteiger partial charge < -0.3 is 10.5 Å². The highest BCUT2D eigenvalue weighted by molar-refractivity contribution is 7.10. The van der Waals surface area contributed by atoms with Crippen molar-refractivity contribution in [3.05, 3.63) is 21.9 Å². The first-order valence-corrected chi connectivity index (χ1v) is 8.67. The number of ether oxygens (including phenoxy) is 1. The molecule has 3 rings (SSSR count). The van der Waals surface area contributed by atoms with Gasteiger partial charge in [0.05, 0.1) is 6.10 Å². The lowest BCUT2D eigenvalue weighted by Crippen LogP contribution is -2.38. The topological polar surface area (TPSA) is 35.2 Å². The van der Waals surface area contributed by atoms with Crippen molar-refractivity contribution in [2.45, 2.75) is 59.2 Å². The molecule has 0 spiro atoms. The highest BCUT2D eigenvalue weighted by Gasteiger charge is 2.62. The molecule has 2 N–H and O–H groups in total. The van der Waals surface area contributed by atoms with Crippen LogP contribution in [0, 0.1) is 23.7 Å². The summed E-state index contributed by atoms with van der Waals surface area (Å²) in [5, 5.41) is 2.14. The number of fused-ring (bicyclic) bond motifs is 2. The van der Waals surface area contributed by atoms with E-state index in [1.165, 1.54) is 29.7 Å². The summed E-state index contributed by atoms with van der Waals surface area (Å²) < 4.78 is 6.54. The lowest BCUT2D eigenvalue weighted by molar-refractivity contribution is -0.0839. The quantitative estimate of drug-likeness (QED) is 0.899. The molecule has 2 nitrogen and oxygen atoms in total. The first-order chi connectivity index (χ1) is 9.40. The Hall–Kier alpha value is -0.380. The molecule has 112 valence electrons. The van der Waals surface area contributed by atoms with Crippen LogP contribution in [0.3, 0.4) is 0 Å². The van der Waals surface area contributed by atoms with E-state index in [2.05, 4.69) is 39.1 Å². The van der Waals surface area contributed by atoms with Crippen LogP contribution in [0.2, 0.25) is 0 Å². The number of rotatable bonds is 4. The highest BCUT2D eigenvalue weighted by atomic mass is 32.1. The Balaban J connectivity index is 1.80. The molecule has 2 fully saturated rings. The van der Waals surface area contributed by atoms with Gasteiger partial charge in [0.15, 0.2) is 0 Å². The minimum Gasteiger partial charge on any atom is -0.368 e. The summed E-state index contributed by atoms with van der Waals surface area (Å²) in [4.78, 5) is 1.32. The second-order valence-corrected chi connectivity index (χ2v) is 8.38. The zero-order valence-electron chi connectivity index (χ0n) is 13.1. The number of hydrogen-bond donors (Lipinski definition) is 1. The molecule has 1 aromatic heterocycles. The van der Waals surface area contributed by atoms with Crippen LogP contribution in [0.4, 0.5) is 0 Å². The zero-order chi connectivity index (χ0) is 14.5. The molecule has 2 saturated carbocycles. The van der Waals surface area contributed by atoms with Crippen molar-refractivity contribution in [1.82, 2.24) is 0 Å². The molecule has 4 unspecified atom stereocenters. The summed E-state index contributed by atoms with van der Waals surface area (Å²) in [5.74, 6) is 0.820. The number of aryl methyl sites for hydroxylation is 1. The van der Waals surface area contributed by atoms with Gasteiger partial charge in [-0.25, -0.2) is 0 Å². The maximum Gasteiger partial charge on any atom is 0.104 e. The van der Waals surface area contributed by atoms with Crippen LogP contribution in [0.15, 0.2) is 11.4 Å². The summed E-state index contributed by atoms with van der Waals surface area (Å²) in [6, 6.07) is 2.17. The number of nitrogens with two attached hydrogens (primary N) is 1. The molecule has 4 atom stereocenters. The van der Waals surface area contributed by atoms with Gasteiger partial charge in [0.25, 0.3) is 0 Å². The molecule has 1 aromatic rings. The van der Waals surface area contributed by atoms with Crippen molar-refractivity contribution < 1.29 is 4.74 Å². The van der Waals surface area contributed by atoms with E-state index < -0.39 is 0 Å². The highest BCUT2D eigenvalue weighted by Crippen LogP contribution is 2.66. The summed E-state index contributed by atoms with van der Waals surface area (Å²) in [6.07, 6.45) is 4.33. The van der Waals surface area contributed by atoms with E-state index in [1.807, 2.05) is 0 Å². The molecular formula is C17H27NOS. The molecule has 3 heteroatoms. The van der Waals surface area contributed by atoms with Gasteiger partial charge in [0.1, 0.15) is 6.10 Å². The second-order valence-electron chi connectivity index (χ2n) is 7.43. The summed E-state index contributed by atoms with van der Waals surface area (Å²) in [5.41, 5.74) is 8.04. The van der Waals surface area contributed by atoms with Gasteiger partial charge in [0, 0.05) is 11.4 Å². The smallest absolute Gasteiger partial charge is 0.104 e. The Labute approximate surface area is 126 Å². The van der Waals surface area contributed by atoms with E-state index in [1.54, 1.807) is 11.3 Å². The van der Waals surface area contributed by atoms with Crippen molar-refractivity contribution >= 4 is 11.3 Å². The van der Waals surface area contributed by atoms with E-state index in [0.717, 1.165) is 5.92 Å². The molecule has 0 amide bonds. The van der Waals surface area contributed by atoms with Gasteiger partial charge in [-0.15, -0.1) is 11.3 Å². The van der Waals surface area contributed by atoms with Crippen molar-refractivity contribution in [2.75, 3.05) is 6.54 Å².